The Hall–Kier alpha value is -2.52. The van der Waals surface area contributed by atoms with Gasteiger partial charge in [0.05, 0.1) is 15.1 Å². The van der Waals surface area contributed by atoms with Crippen molar-refractivity contribution in [3.05, 3.63) is 48.3 Å². The Labute approximate surface area is 140 Å². The second kappa shape index (κ2) is 6.17. The van der Waals surface area contributed by atoms with Crippen LogP contribution in [-0.4, -0.2) is 25.8 Å². The highest BCUT2D eigenvalue weighted by Gasteiger charge is 2.13. The number of fused-ring (bicyclic) bond motifs is 1. The predicted molar refractivity (Wildman–Crippen MR) is 88.8 cm³/mol. The molecule has 0 saturated carbocycles. The number of hydrogen-bond donors (Lipinski definition) is 1. The molecule has 0 aliphatic carbocycles. The molecular weight excluding hydrogens is 355 g/mol. The molecule has 0 saturated heterocycles. The lowest BCUT2D eigenvalue weighted by atomic mass is 10.3. The van der Waals surface area contributed by atoms with Gasteiger partial charge in [0.1, 0.15) is 11.6 Å². The van der Waals surface area contributed by atoms with E-state index in [1.165, 1.54) is 36.4 Å². The Morgan fingerprint density at radius 2 is 1.92 bits per heavy atom. The topological polar surface area (TPSA) is 85.4 Å². The van der Waals surface area contributed by atoms with Gasteiger partial charge in [0.2, 0.25) is 0 Å². The standard InChI is InChI=1S/C15H11FN2O4S2/c1-24(20,21)11-6-7-12-13(8-11)23-14(17-12)18-15(19)22-10-4-2-9(16)3-5-10/h2-8H,1H3,(H,17,18,19). The van der Waals surface area contributed by atoms with Crippen LogP contribution in [0.5, 0.6) is 5.75 Å². The van der Waals surface area contributed by atoms with Crippen LogP contribution in [-0.2, 0) is 9.84 Å². The van der Waals surface area contributed by atoms with Crippen molar-refractivity contribution in [3.63, 3.8) is 0 Å². The fraction of sp³-hybridized carbons (Fsp3) is 0.0667. The zero-order chi connectivity index (χ0) is 17.3. The highest BCUT2D eigenvalue weighted by molar-refractivity contribution is 7.90. The summed E-state index contributed by atoms with van der Waals surface area (Å²) < 4.78 is 41.5. The maximum absolute atomic E-state index is 12.8. The molecular formula is C15H11FN2O4S2. The van der Waals surface area contributed by atoms with Crippen molar-refractivity contribution in [2.45, 2.75) is 4.90 Å². The van der Waals surface area contributed by atoms with Crippen LogP contribution in [0.3, 0.4) is 0 Å². The lowest BCUT2D eigenvalue weighted by molar-refractivity contribution is 0.215. The average molecular weight is 366 g/mol. The Bertz CT molecular complexity index is 1010. The first kappa shape index (κ1) is 16.3. The van der Waals surface area contributed by atoms with Gasteiger partial charge in [0.15, 0.2) is 15.0 Å². The quantitative estimate of drug-likeness (QED) is 0.767. The molecule has 0 bridgehead atoms. The Balaban J connectivity index is 1.77. The molecule has 0 aliphatic rings. The normalized spacial score (nSPS) is 11.4. The first-order chi connectivity index (χ1) is 11.3. The lowest BCUT2D eigenvalue weighted by Crippen LogP contribution is -2.16. The fourth-order valence-corrected chi connectivity index (χ4v) is 3.52. The zero-order valence-corrected chi connectivity index (χ0v) is 13.9. The second-order valence-corrected chi connectivity index (χ2v) is 7.94. The van der Waals surface area contributed by atoms with E-state index in [9.17, 15) is 17.6 Å². The first-order valence-electron chi connectivity index (χ1n) is 6.66. The number of amides is 1. The van der Waals surface area contributed by atoms with Crippen LogP contribution in [0, 0.1) is 5.82 Å². The van der Waals surface area contributed by atoms with Gasteiger partial charge in [-0.15, -0.1) is 0 Å². The van der Waals surface area contributed by atoms with E-state index in [1.807, 2.05) is 0 Å². The summed E-state index contributed by atoms with van der Waals surface area (Å²) in [5.74, 6) is -0.245. The molecule has 24 heavy (non-hydrogen) atoms. The van der Waals surface area contributed by atoms with Crippen LogP contribution in [0.25, 0.3) is 10.2 Å². The third-order valence-corrected chi connectivity index (χ3v) is 5.07. The average Bonchev–Trinajstić information content (AvgIpc) is 2.89. The Morgan fingerprint density at radius 1 is 1.21 bits per heavy atom. The minimum Gasteiger partial charge on any atom is -0.410 e. The molecule has 3 aromatic rings. The van der Waals surface area contributed by atoms with Crippen molar-refractivity contribution >= 4 is 42.6 Å². The summed E-state index contributed by atoms with van der Waals surface area (Å²) in [6.07, 6.45) is 0.345. The number of hydrogen-bond acceptors (Lipinski definition) is 6. The summed E-state index contributed by atoms with van der Waals surface area (Å²) >= 11 is 1.12. The molecule has 0 atom stereocenters. The Kier molecular flexibility index (Phi) is 4.20. The summed E-state index contributed by atoms with van der Waals surface area (Å²) in [5, 5.41) is 2.72. The molecule has 1 aromatic heterocycles. The van der Waals surface area contributed by atoms with E-state index in [0.29, 0.717) is 10.2 Å². The maximum atomic E-state index is 12.8. The maximum Gasteiger partial charge on any atom is 0.418 e. The first-order valence-corrected chi connectivity index (χ1v) is 9.37. The molecule has 1 N–H and O–H groups in total. The molecule has 2 aromatic carbocycles. The summed E-state index contributed by atoms with van der Waals surface area (Å²) in [4.78, 5) is 16.2. The van der Waals surface area contributed by atoms with E-state index in [1.54, 1.807) is 6.07 Å². The molecule has 124 valence electrons. The predicted octanol–water partition coefficient (Wildman–Crippen LogP) is 3.45. The van der Waals surface area contributed by atoms with Gasteiger partial charge in [-0.3, -0.25) is 5.32 Å². The van der Waals surface area contributed by atoms with Gasteiger partial charge in [-0.2, -0.15) is 0 Å². The molecule has 9 heteroatoms. The van der Waals surface area contributed by atoms with Gasteiger partial charge in [-0.1, -0.05) is 11.3 Å². The van der Waals surface area contributed by atoms with E-state index < -0.39 is 21.7 Å². The molecule has 0 aliphatic heterocycles. The molecule has 6 nitrogen and oxygen atoms in total. The number of thiazole rings is 1. The number of anilines is 1. The summed E-state index contributed by atoms with van der Waals surface area (Å²) in [6.45, 7) is 0. The van der Waals surface area contributed by atoms with Gasteiger partial charge in [-0.25, -0.2) is 22.6 Å². The van der Waals surface area contributed by atoms with Crippen LogP contribution in [0.1, 0.15) is 0 Å². The number of aromatic nitrogens is 1. The van der Waals surface area contributed by atoms with Gasteiger partial charge < -0.3 is 4.74 Å². The minimum atomic E-state index is -3.32. The van der Waals surface area contributed by atoms with Crippen LogP contribution in [0.2, 0.25) is 0 Å². The van der Waals surface area contributed by atoms with E-state index in [-0.39, 0.29) is 15.8 Å². The number of nitrogens with one attached hydrogen (secondary N) is 1. The highest BCUT2D eigenvalue weighted by Crippen LogP contribution is 2.28. The SMILES string of the molecule is CS(=O)(=O)c1ccc2nc(NC(=O)Oc3ccc(F)cc3)sc2c1. The largest absolute Gasteiger partial charge is 0.418 e. The highest BCUT2D eigenvalue weighted by atomic mass is 32.2. The third-order valence-electron chi connectivity index (χ3n) is 3.02. The molecule has 0 spiro atoms. The second-order valence-electron chi connectivity index (χ2n) is 4.89. The zero-order valence-electron chi connectivity index (χ0n) is 12.3. The number of ether oxygens (including phenoxy) is 1. The van der Waals surface area contributed by atoms with Gasteiger partial charge in [-0.05, 0) is 42.5 Å². The molecule has 0 radical (unpaired) electrons. The van der Waals surface area contributed by atoms with Crippen molar-refractivity contribution in [1.82, 2.24) is 4.98 Å². The number of carbonyl (C=O) groups excluding carboxylic acids is 1. The van der Waals surface area contributed by atoms with Crippen molar-refractivity contribution in [2.24, 2.45) is 0 Å². The van der Waals surface area contributed by atoms with Gasteiger partial charge >= 0.3 is 6.09 Å². The molecule has 1 heterocycles. The van der Waals surface area contributed by atoms with Gasteiger partial charge in [0.25, 0.3) is 0 Å². The minimum absolute atomic E-state index is 0.180. The van der Waals surface area contributed by atoms with Crippen LogP contribution in [0.15, 0.2) is 47.4 Å². The van der Waals surface area contributed by atoms with E-state index >= 15 is 0 Å². The summed E-state index contributed by atoms with van der Waals surface area (Å²) in [7, 11) is -3.32. The van der Waals surface area contributed by atoms with Crippen LogP contribution in [0.4, 0.5) is 14.3 Å². The monoisotopic (exact) mass is 366 g/mol. The van der Waals surface area contributed by atoms with Crippen LogP contribution >= 0.6 is 11.3 Å². The van der Waals surface area contributed by atoms with E-state index in [0.717, 1.165) is 17.6 Å². The van der Waals surface area contributed by atoms with Crippen LogP contribution < -0.4 is 10.1 Å². The number of halogens is 1. The molecule has 0 fully saturated rings. The van der Waals surface area contributed by atoms with Crippen molar-refractivity contribution in [2.75, 3.05) is 11.6 Å². The molecule has 0 unspecified atom stereocenters. The van der Waals surface area contributed by atoms with E-state index in [4.69, 9.17) is 4.74 Å². The summed E-state index contributed by atoms with van der Waals surface area (Å²) in [5.41, 5.74) is 0.560. The lowest BCUT2D eigenvalue weighted by Gasteiger charge is -2.03. The fourth-order valence-electron chi connectivity index (χ4n) is 1.91. The number of rotatable bonds is 3. The number of benzene rings is 2. The van der Waals surface area contributed by atoms with Crippen molar-refractivity contribution in [3.8, 4) is 5.75 Å². The number of nitrogens with zero attached hydrogens (tertiary/aromatic N) is 1. The van der Waals surface area contributed by atoms with Crippen molar-refractivity contribution in [1.29, 1.82) is 0 Å². The smallest absolute Gasteiger partial charge is 0.410 e. The van der Waals surface area contributed by atoms with Gasteiger partial charge in [0, 0.05) is 6.26 Å². The molecule has 1 amide bonds. The number of sulfone groups is 1. The van der Waals surface area contributed by atoms with Crippen molar-refractivity contribution < 1.29 is 22.3 Å². The van der Waals surface area contributed by atoms with E-state index in [2.05, 4.69) is 10.3 Å². The summed E-state index contributed by atoms with van der Waals surface area (Å²) in [6, 6.07) is 9.52. The number of carbonyl (C=O) groups is 1. The Morgan fingerprint density at radius 3 is 2.58 bits per heavy atom. The molecule has 3 rings (SSSR count). The third kappa shape index (κ3) is 3.69.